The van der Waals surface area contributed by atoms with Crippen LogP contribution in [0.4, 0.5) is 0 Å². The van der Waals surface area contributed by atoms with E-state index in [1.165, 1.54) is 0 Å². The fourth-order valence-corrected chi connectivity index (χ4v) is 3.39. The fourth-order valence-electron chi connectivity index (χ4n) is 2.77. The highest BCUT2D eigenvalue weighted by Gasteiger charge is 2.13. The maximum Gasteiger partial charge on any atom is 0.255 e. The lowest BCUT2D eigenvalue weighted by molar-refractivity contribution is 0.0979. The van der Waals surface area contributed by atoms with Crippen LogP contribution in [0.5, 0.6) is 0 Å². The molecule has 2 aromatic heterocycles. The lowest BCUT2D eigenvalue weighted by Gasteiger charge is -2.01. The highest BCUT2D eigenvalue weighted by atomic mass is 32.1. The molecule has 0 unspecified atom stereocenters. The van der Waals surface area contributed by atoms with E-state index in [4.69, 9.17) is 0 Å². The highest BCUT2D eigenvalue weighted by molar-refractivity contribution is 7.10. The Kier molecular flexibility index (Phi) is 3.13. The van der Waals surface area contributed by atoms with Crippen molar-refractivity contribution < 1.29 is 4.79 Å². The van der Waals surface area contributed by atoms with Gasteiger partial charge in [0.05, 0.1) is 11.0 Å². The summed E-state index contributed by atoms with van der Waals surface area (Å²) >= 11 is 1.62. The van der Waals surface area contributed by atoms with E-state index in [9.17, 15) is 4.79 Å². The maximum atomic E-state index is 12.7. The molecule has 2 aromatic carbocycles. The highest BCUT2D eigenvalue weighted by Crippen LogP contribution is 2.28. The first-order valence-corrected chi connectivity index (χ1v) is 7.97. The molecule has 0 amide bonds. The topological polar surface area (TPSA) is 22.0 Å². The van der Waals surface area contributed by atoms with Gasteiger partial charge in [0.25, 0.3) is 5.91 Å². The number of benzene rings is 2. The molecular formula is C19H13NOS. The van der Waals surface area contributed by atoms with E-state index in [0.717, 1.165) is 26.7 Å². The van der Waals surface area contributed by atoms with Gasteiger partial charge < -0.3 is 0 Å². The third kappa shape index (κ3) is 2.07. The Morgan fingerprint density at radius 3 is 2.09 bits per heavy atom. The van der Waals surface area contributed by atoms with Crippen LogP contribution in [0, 0.1) is 0 Å². The Bertz CT molecular complexity index is 940. The monoisotopic (exact) mass is 303 g/mol. The van der Waals surface area contributed by atoms with Crippen LogP contribution in [0.1, 0.15) is 9.67 Å². The summed E-state index contributed by atoms with van der Waals surface area (Å²) in [5.74, 6) is -0.0224. The largest absolute Gasteiger partial charge is 0.276 e. The molecule has 3 heteroatoms. The first kappa shape index (κ1) is 13.0. The smallest absolute Gasteiger partial charge is 0.255 e. The summed E-state index contributed by atoms with van der Waals surface area (Å²) in [6, 6.07) is 20.0. The molecule has 106 valence electrons. The molecule has 22 heavy (non-hydrogen) atoms. The Morgan fingerprint density at radius 1 is 0.864 bits per heavy atom. The summed E-state index contributed by atoms with van der Waals surface area (Å²) in [5, 5.41) is 4.22. The summed E-state index contributed by atoms with van der Waals surface area (Å²) in [6.45, 7) is 0. The van der Waals surface area contributed by atoms with Gasteiger partial charge in [-0.25, -0.2) is 0 Å². The molecule has 4 rings (SSSR count). The number of carbonyl (C=O) groups excluding carboxylic acids is 1. The molecule has 0 fully saturated rings. The SMILES string of the molecule is O=C(/C=C/c1cccs1)n1c2ccccc2c2ccccc21. The van der Waals surface area contributed by atoms with Crippen molar-refractivity contribution in [1.82, 2.24) is 4.57 Å². The number of carbonyl (C=O) groups is 1. The average Bonchev–Trinajstić information content (AvgIpc) is 3.18. The number of allylic oxidation sites excluding steroid dienone is 1. The van der Waals surface area contributed by atoms with E-state index in [1.807, 2.05) is 60.0 Å². The molecule has 0 atom stereocenters. The second-order valence-electron chi connectivity index (χ2n) is 5.06. The van der Waals surface area contributed by atoms with Crippen molar-refractivity contribution in [2.24, 2.45) is 0 Å². The van der Waals surface area contributed by atoms with Crippen LogP contribution in [0.15, 0.2) is 72.1 Å². The van der Waals surface area contributed by atoms with Crippen molar-refractivity contribution in [3.05, 3.63) is 77.0 Å². The average molecular weight is 303 g/mol. The minimum atomic E-state index is -0.0224. The van der Waals surface area contributed by atoms with Crippen molar-refractivity contribution in [3.63, 3.8) is 0 Å². The van der Waals surface area contributed by atoms with Gasteiger partial charge in [-0.1, -0.05) is 42.5 Å². The predicted octanol–water partition coefficient (Wildman–Crippen LogP) is 5.21. The lowest BCUT2D eigenvalue weighted by atomic mass is 10.2. The second kappa shape index (κ2) is 5.28. The van der Waals surface area contributed by atoms with E-state index >= 15 is 0 Å². The quantitative estimate of drug-likeness (QED) is 0.466. The molecule has 0 aliphatic carbocycles. The number of rotatable bonds is 2. The number of aromatic nitrogens is 1. The van der Waals surface area contributed by atoms with Crippen molar-refractivity contribution >= 4 is 45.1 Å². The minimum absolute atomic E-state index is 0.0224. The van der Waals surface area contributed by atoms with E-state index in [2.05, 4.69) is 12.1 Å². The summed E-state index contributed by atoms with van der Waals surface area (Å²) in [4.78, 5) is 13.8. The van der Waals surface area contributed by atoms with Crippen molar-refractivity contribution in [3.8, 4) is 0 Å². The van der Waals surface area contributed by atoms with Gasteiger partial charge in [0.1, 0.15) is 0 Å². The van der Waals surface area contributed by atoms with Gasteiger partial charge in [-0.05, 0) is 29.7 Å². The molecule has 0 bridgehead atoms. The van der Waals surface area contributed by atoms with E-state index < -0.39 is 0 Å². The van der Waals surface area contributed by atoms with Crippen LogP contribution >= 0.6 is 11.3 Å². The molecule has 0 aliphatic rings. The Balaban J connectivity index is 1.91. The number of hydrogen-bond acceptors (Lipinski definition) is 2. The summed E-state index contributed by atoms with van der Waals surface area (Å²) in [6.07, 6.45) is 3.52. The number of para-hydroxylation sites is 2. The first-order valence-electron chi connectivity index (χ1n) is 7.09. The lowest BCUT2D eigenvalue weighted by Crippen LogP contribution is -2.06. The van der Waals surface area contributed by atoms with Crippen LogP contribution in [0.2, 0.25) is 0 Å². The summed E-state index contributed by atoms with van der Waals surface area (Å²) < 4.78 is 1.79. The van der Waals surface area contributed by atoms with Crippen molar-refractivity contribution in [2.75, 3.05) is 0 Å². The number of nitrogens with zero attached hydrogens (tertiary/aromatic N) is 1. The number of thiophene rings is 1. The molecule has 0 spiro atoms. The van der Waals surface area contributed by atoms with Crippen LogP contribution in [0.25, 0.3) is 27.9 Å². The van der Waals surface area contributed by atoms with Crippen LogP contribution in [0.3, 0.4) is 0 Å². The zero-order chi connectivity index (χ0) is 14.9. The van der Waals surface area contributed by atoms with Gasteiger partial charge >= 0.3 is 0 Å². The maximum absolute atomic E-state index is 12.7. The van der Waals surface area contributed by atoms with E-state index in [-0.39, 0.29) is 5.91 Å². The molecule has 4 aromatic rings. The Morgan fingerprint density at radius 2 is 1.50 bits per heavy atom. The Hall–Kier alpha value is -2.65. The predicted molar refractivity (Wildman–Crippen MR) is 93.4 cm³/mol. The van der Waals surface area contributed by atoms with E-state index in [0.29, 0.717) is 0 Å². The molecular weight excluding hydrogens is 290 g/mol. The molecule has 2 nitrogen and oxygen atoms in total. The van der Waals surface area contributed by atoms with Gasteiger partial charge in [-0.2, -0.15) is 0 Å². The Labute approximate surface area is 131 Å². The minimum Gasteiger partial charge on any atom is -0.276 e. The van der Waals surface area contributed by atoms with Gasteiger partial charge in [0.2, 0.25) is 0 Å². The molecule has 0 aliphatic heterocycles. The van der Waals surface area contributed by atoms with Gasteiger partial charge in [0.15, 0.2) is 0 Å². The van der Waals surface area contributed by atoms with Gasteiger partial charge in [0, 0.05) is 21.7 Å². The molecule has 0 radical (unpaired) electrons. The van der Waals surface area contributed by atoms with Crippen LogP contribution < -0.4 is 0 Å². The zero-order valence-corrected chi connectivity index (χ0v) is 12.6. The van der Waals surface area contributed by atoms with Crippen LogP contribution in [-0.4, -0.2) is 10.5 Å². The molecule has 0 N–H and O–H groups in total. The summed E-state index contributed by atoms with van der Waals surface area (Å²) in [7, 11) is 0. The third-order valence-electron chi connectivity index (χ3n) is 3.73. The first-order chi connectivity index (χ1) is 10.8. The third-order valence-corrected chi connectivity index (χ3v) is 4.57. The van der Waals surface area contributed by atoms with E-state index in [1.54, 1.807) is 22.0 Å². The van der Waals surface area contributed by atoms with Gasteiger partial charge in [-0.3, -0.25) is 9.36 Å². The second-order valence-corrected chi connectivity index (χ2v) is 6.04. The number of hydrogen-bond donors (Lipinski definition) is 0. The van der Waals surface area contributed by atoms with Crippen LogP contribution in [-0.2, 0) is 0 Å². The normalized spacial score (nSPS) is 11.6. The number of fused-ring (bicyclic) bond motifs is 3. The van der Waals surface area contributed by atoms with Gasteiger partial charge in [-0.15, -0.1) is 11.3 Å². The standard InChI is InChI=1S/C19H13NOS/c21-19(12-11-14-6-5-13-22-14)20-17-9-3-1-7-15(17)16-8-2-4-10-18(16)20/h1-13H/b12-11+. The van der Waals surface area contributed by atoms with Crippen molar-refractivity contribution in [2.45, 2.75) is 0 Å². The molecule has 0 saturated heterocycles. The molecule has 0 saturated carbocycles. The molecule has 2 heterocycles. The zero-order valence-electron chi connectivity index (χ0n) is 11.8. The summed E-state index contributed by atoms with van der Waals surface area (Å²) in [5.41, 5.74) is 1.90. The fraction of sp³-hybridized carbons (Fsp3) is 0. The van der Waals surface area contributed by atoms with Crippen molar-refractivity contribution in [1.29, 1.82) is 0 Å².